The van der Waals surface area contributed by atoms with Crippen LogP contribution in [0.15, 0.2) is 42.6 Å². The quantitative estimate of drug-likeness (QED) is 0.289. The zero-order chi connectivity index (χ0) is 20.7. The number of amides is 1. The lowest BCUT2D eigenvalue weighted by molar-refractivity contribution is -0.120. The van der Waals surface area contributed by atoms with Gasteiger partial charge in [-0.05, 0) is 37.3 Å². The van der Waals surface area contributed by atoms with Crippen LogP contribution in [0.2, 0.25) is 0 Å². The average molecular weight is 399 g/mol. The summed E-state index contributed by atoms with van der Waals surface area (Å²) in [5.74, 6) is 0.119. The molecular weight excluding hydrogens is 360 g/mol. The van der Waals surface area contributed by atoms with Crippen LogP contribution in [-0.2, 0) is 16.0 Å². The molecule has 2 N–H and O–H groups in total. The number of benzene rings is 1. The van der Waals surface area contributed by atoms with Crippen LogP contribution in [0.1, 0.15) is 70.3 Å². The largest absolute Gasteiger partial charge is 0.381 e. The number of unbranched alkanes of at least 4 members (excludes halogenated alkanes) is 4. The Hall–Kier alpha value is -2.07. The summed E-state index contributed by atoms with van der Waals surface area (Å²) < 4.78 is 5.57. The first-order valence-electron chi connectivity index (χ1n) is 11.2. The average Bonchev–Trinajstić information content (AvgIpc) is 3.15. The van der Waals surface area contributed by atoms with Gasteiger partial charge in [-0.3, -0.25) is 4.79 Å². The van der Waals surface area contributed by atoms with E-state index < -0.39 is 0 Å². The highest BCUT2D eigenvalue weighted by molar-refractivity contribution is 5.83. The number of methoxy groups -OCH3 is 1. The Morgan fingerprint density at radius 2 is 2.00 bits per heavy atom. The molecule has 2 aromatic rings. The molecule has 1 aromatic carbocycles. The van der Waals surface area contributed by atoms with E-state index in [1.54, 1.807) is 7.11 Å². The minimum Gasteiger partial charge on any atom is -0.381 e. The molecular formula is C25H38N2O2. The minimum atomic E-state index is 0.119. The Morgan fingerprint density at radius 1 is 1.17 bits per heavy atom. The fourth-order valence-corrected chi connectivity index (χ4v) is 3.65. The van der Waals surface area contributed by atoms with Gasteiger partial charge in [0.05, 0.1) is 6.10 Å². The first-order chi connectivity index (χ1) is 14.2. The van der Waals surface area contributed by atoms with Crippen LogP contribution in [0.3, 0.4) is 0 Å². The van der Waals surface area contributed by atoms with Crippen LogP contribution in [0.5, 0.6) is 0 Å². The molecule has 1 atom stereocenters. The monoisotopic (exact) mass is 398 g/mol. The first kappa shape index (κ1) is 23.2. The van der Waals surface area contributed by atoms with Crippen LogP contribution >= 0.6 is 0 Å². The Balaban J connectivity index is 1.55. The van der Waals surface area contributed by atoms with E-state index in [-0.39, 0.29) is 5.91 Å². The summed E-state index contributed by atoms with van der Waals surface area (Å²) in [6.45, 7) is 2.92. The molecule has 1 heterocycles. The van der Waals surface area contributed by atoms with Crippen molar-refractivity contribution in [2.24, 2.45) is 0 Å². The molecule has 0 bridgehead atoms. The van der Waals surface area contributed by atoms with Crippen LogP contribution in [0.4, 0.5) is 0 Å². The Morgan fingerprint density at radius 3 is 2.83 bits per heavy atom. The summed E-state index contributed by atoms with van der Waals surface area (Å²) >= 11 is 0. The van der Waals surface area contributed by atoms with Crippen molar-refractivity contribution in [2.45, 2.75) is 77.2 Å². The third-order valence-electron chi connectivity index (χ3n) is 5.46. The summed E-state index contributed by atoms with van der Waals surface area (Å²) in [4.78, 5) is 15.3. The van der Waals surface area contributed by atoms with E-state index in [1.807, 2.05) is 18.3 Å². The molecule has 0 aliphatic carbocycles. The molecule has 0 spiro atoms. The van der Waals surface area contributed by atoms with Gasteiger partial charge >= 0.3 is 0 Å². The Kier molecular flexibility index (Phi) is 11.2. The molecule has 0 radical (unpaired) electrons. The van der Waals surface area contributed by atoms with E-state index >= 15 is 0 Å². The molecule has 0 saturated heterocycles. The lowest BCUT2D eigenvalue weighted by Gasteiger charge is -2.12. The number of fused-ring (bicyclic) bond motifs is 1. The smallest absolute Gasteiger partial charge is 0.220 e. The minimum absolute atomic E-state index is 0.119. The molecule has 0 saturated carbocycles. The second-order valence-electron chi connectivity index (χ2n) is 7.77. The Labute approximate surface area is 176 Å². The number of aromatic amines is 1. The van der Waals surface area contributed by atoms with Crippen LogP contribution in [-0.4, -0.2) is 30.6 Å². The van der Waals surface area contributed by atoms with Gasteiger partial charge in [0, 0.05) is 37.2 Å². The lowest BCUT2D eigenvalue weighted by Crippen LogP contribution is -2.25. The number of aromatic nitrogens is 1. The first-order valence-corrected chi connectivity index (χ1v) is 11.2. The highest BCUT2D eigenvalue weighted by Crippen LogP contribution is 2.17. The number of H-pyrrole nitrogens is 1. The van der Waals surface area contributed by atoms with Gasteiger partial charge in [0.2, 0.25) is 5.91 Å². The van der Waals surface area contributed by atoms with Crippen LogP contribution in [0, 0.1) is 0 Å². The van der Waals surface area contributed by atoms with Crippen molar-refractivity contribution in [3.05, 3.63) is 48.2 Å². The van der Waals surface area contributed by atoms with Gasteiger partial charge in [0.1, 0.15) is 0 Å². The molecule has 29 heavy (non-hydrogen) atoms. The zero-order valence-corrected chi connectivity index (χ0v) is 18.2. The standard InChI is InChI=1S/C25H38N2O2/c1-3-4-5-6-8-13-22(29-2)14-9-7-10-17-25(28)26-19-18-21-20-27-24-16-12-11-15-23(21)24/h7,9,11-12,15-16,20,22,27H,3-6,8,10,13-14,17-19H2,1-2H3,(H,26,28)/b9-7+/t22-/m1/s1. The lowest BCUT2D eigenvalue weighted by atomic mass is 10.1. The Bertz CT molecular complexity index is 735. The van der Waals surface area contributed by atoms with Gasteiger partial charge in [0.25, 0.3) is 0 Å². The summed E-state index contributed by atoms with van der Waals surface area (Å²) in [6.07, 6.45) is 17.3. The van der Waals surface area contributed by atoms with Gasteiger partial charge < -0.3 is 15.0 Å². The SMILES string of the molecule is CCCCCCC[C@H](C/C=C/CCC(=O)NCCc1c[nH]c2ccccc12)OC. The van der Waals surface area contributed by atoms with E-state index in [4.69, 9.17) is 4.74 Å². The fraction of sp³-hybridized carbons (Fsp3) is 0.560. The summed E-state index contributed by atoms with van der Waals surface area (Å²) in [6, 6.07) is 8.27. The van der Waals surface area contributed by atoms with E-state index in [1.165, 1.54) is 43.1 Å². The number of para-hydroxylation sites is 1. The van der Waals surface area contributed by atoms with Crippen molar-refractivity contribution < 1.29 is 9.53 Å². The van der Waals surface area contributed by atoms with Crippen LogP contribution in [0.25, 0.3) is 10.9 Å². The van der Waals surface area contributed by atoms with E-state index in [2.05, 4.69) is 41.5 Å². The van der Waals surface area contributed by atoms with Crippen molar-refractivity contribution in [1.29, 1.82) is 0 Å². The normalized spacial score (nSPS) is 12.6. The number of rotatable bonds is 15. The molecule has 4 heteroatoms. The highest BCUT2D eigenvalue weighted by Gasteiger charge is 2.06. The molecule has 0 aliphatic rings. The molecule has 0 fully saturated rings. The summed E-state index contributed by atoms with van der Waals surface area (Å²) in [7, 11) is 1.80. The number of carbonyl (C=O) groups is 1. The van der Waals surface area contributed by atoms with Crippen molar-refractivity contribution in [1.82, 2.24) is 10.3 Å². The predicted molar refractivity (Wildman–Crippen MR) is 122 cm³/mol. The fourth-order valence-electron chi connectivity index (χ4n) is 3.65. The molecule has 2 rings (SSSR count). The van der Waals surface area contributed by atoms with E-state index in [0.29, 0.717) is 19.1 Å². The number of nitrogens with one attached hydrogen (secondary N) is 2. The van der Waals surface area contributed by atoms with Crippen molar-refractivity contribution in [3.8, 4) is 0 Å². The summed E-state index contributed by atoms with van der Waals surface area (Å²) in [5, 5.41) is 4.27. The zero-order valence-electron chi connectivity index (χ0n) is 18.2. The maximum Gasteiger partial charge on any atom is 0.220 e. The molecule has 0 unspecified atom stereocenters. The third-order valence-corrected chi connectivity index (χ3v) is 5.46. The number of hydrogen-bond donors (Lipinski definition) is 2. The maximum absolute atomic E-state index is 12.0. The van der Waals surface area contributed by atoms with Crippen molar-refractivity contribution in [2.75, 3.05) is 13.7 Å². The van der Waals surface area contributed by atoms with E-state index in [9.17, 15) is 4.79 Å². The van der Waals surface area contributed by atoms with Gasteiger partial charge in [-0.2, -0.15) is 0 Å². The second-order valence-corrected chi connectivity index (χ2v) is 7.77. The predicted octanol–water partition coefficient (Wildman–Crippen LogP) is 5.93. The number of ether oxygens (including phenoxy) is 1. The molecule has 0 aliphatic heterocycles. The molecule has 160 valence electrons. The third kappa shape index (κ3) is 8.86. The molecule has 4 nitrogen and oxygen atoms in total. The topological polar surface area (TPSA) is 54.1 Å². The van der Waals surface area contributed by atoms with Gasteiger partial charge in [-0.15, -0.1) is 0 Å². The van der Waals surface area contributed by atoms with Gasteiger partial charge in [0.15, 0.2) is 0 Å². The van der Waals surface area contributed by atoms with Gasteiger partial charge in [-0.25, -0.2) is 0 Å². The van der Waals surface area contributed by atoms with Crippen molar-refractivity contribution >= 4 is 16.8 Å². The second kappa shape index (κ2) is 14.0. The van der Waals surface area contributed by atoms with Crippen molar-refractivity contribution in [3.63, 3.8) is 0 Å². The highest BCUT2D eigenvalue weighted by atomic mass is 16.5. The van der Waals surface area contributed by atoms with Gasteiger partial charge in [-0.1, -0.05) is 69.4 Å². The van der Waals surface area contributed by atoms with Crippen LogP contribution < -0.4 is 5.32 Å². The number of carbonyl (C=O) groups excluding carboxylic acids is 1. The summed E-state index contributed by atoms with van der Waals surface area (Å²) in [5.41, 5.74) is 2.40. The number of hydrogen-bond acceptors (Lipinski definition) is 2. The molecule has 1 aromatic heterocycles. The maximum atomic E-state index is 12.0. The molecule has 1 amide bonds. The number of allylic oxidation sites excluding steroid dienone is 1. The van der Waals surface area contributed by atoms with E-state index in [0.717, 1.165) is 31.2 Å².